The maximum Gasteiger partial charge on any atom is 0.153 e. The van der Waals surface area contributed by atoms with Crippen LogP contribution in [0, 0.1) is 19.8 Å². The zero-order valence-electron chi connectivity index (χ0n) is 12.4. The van der Waals surface area contributed by atoms with Crippen LogP contribution in [0.3, 0.4) is 0 Å². The Morgan fingerprint density at radius 3 is 2.70 bits per heavy atom. The van der Waals surface area contributed by atoms with E-state index >= 15 is 0 Å². The summed E-state index contributed by atoms with van der Waals surface area (Å²) in [6.45, 7) is 10.1. The van der Waals surface area contributed by atoms with E-state index in [1.165, 1.54) is 5.56 Å². The largest absolute Gasteiger partial charge is 0.312 e. The minimum atomic E-state index is 0.645. The van der Waals surface area contributed by atoms with Gasteiger partial charge in [-0.05, 0) is 44.0 Å². The van der Waals surface area contributed by atoms with Gasteiger partial charge in [-0.2, -0.15) is 5.10 Å². The van der Waals surface area contributed by atoms with Gasteiger partial charge < -0.3 is 5.32 Å². The predicted molar refractivity (Wildman–Crippen MR) is 82.4 cm³/mol. The average molecular weight is 293 g/mol. The third-order valence-corrected chi connectivity index (χ3v) is 3.66. The molecule has 2 aromatic heterocycles. The Kier molecular flexibility index (Phi) is 4.78. The zero-order chi connectivity index (χ0) is 14.7. The van der Waals surface area contributed by atoms with E-state index in [1.54, 1.807) is 4.68 Å². The van der Waals surface area contributed by atoms with Crippen molar-refractivity contribution in [3.05, 3.63) is 40.3 Å². The van der Waals surface area contributed by atoms with Crippen LogP contribution in [-0.2, 0) is 6.54 Å². The molecule has 0 aliphatic carbocycles. The van der Waals surface area contributed by atoms with Crippen LogP contribution in [0.25, 0.3) is 5.82 Å². The molecule has 0 saturated heterocycles. The van der Waals surface area contributed by atoms with Gasteiger partial charge in [-0.15, -0.1) is 0 Å². The monoisotopic (exact) mass is 292 g/mol. The number of rotatable bonds is 5. The van der Waals surface area contributed by atoms with E-state index in [1.807, 2.05) is 32.2 Å². The lowest BCUT2D eigenvalue weighted by atomic mass is 10.2. The van der Waals surface area contributed by atoms with Crippen molar-refractivity contribution < 1.29 is 0 Å². The third-order valence-electron chi connectivity index (χ3n) is 3.11. The highest BCUT2D eigenvalue weighted by atomic mass is 35.5. The Bertz CT molecular complexity index is 590. The summed E-state index contributed by atoms with van der Waals surface area (Å²) in [5, 5.41) is 8.56. The highest BCUT2D eigenvalue weighted by Gasteiger charge is 2.11. The molecule has 0 aliphatic heterocycles. The molecule has 4 nitrogen and oxygen atoms in total. The molecule has 0 aliphatic rings. The lowest BCUT2D eigenvalue weighted by Crippen LogP contribution is -2.19. The van der Waals surface area contributed by atoms with Crippen molar-refractivity contribution in [1.82, 2.24) is 20.1 Å². The fraction of sp³-hybridized carbons (Fsp3) is 0.467. The predicted octanol–water partition coefficient (Wildman–Crippen LogP) is 3.28. The maximum atomic E-state index is 6.18. The second-order valence-electron chi connectivity index (χ2n) is 5.44. The zero-order valence-corrected chi connectivity index (χ0v) is 13.2. The van der Waals surface area contributed by atoms with Crippen LogP contribution in [0.1, 0.15) is 30.8 Å². The molecule has 108 valence electrons. The van der Waals surface area contributed by atoms with Crippen LogP contribution >= 0.6 is 11.6 Å². The SMILES string of the molecule is Cc1nn(-c2cc(CNCC(C)C)ccn2)c(C)c1Cl. The van der Waals surface area contributed by atoms with E-state index in [2.05, 4.69) is 29.2 Å². The summed E-state index contributed by atoms with van der Waals surface area (Å²) >= 11 is 6.18. The van der Waals surface area contributed by atoms with Gasteiger partial charge in [0.1, 0.15) is 0 Å². The fourth-order valence-electron chi connectivity index (χ4n) is 2.04. The third kappa shape index (κ3) is 3.38. The summed E-state index contributed by atoms with van der Waals surface area (Å²) in [7, 11) is 0. The Morgan fingerprint density at radius 2 is 2.10 bits per heavy atom. The highest BCUT2D eigenvalue weighted by Crippen LogP contribution is 2.21. The van der Waals surface area contributed by atoms with Crippen LogP contribution in [0.15, 0.2) is 18.3 Å². The van der Waals surface area contributed by atoms with E-state index in [-0.39, 0.29) is 0 Å². The first-order valence-electron chi connectivity index (χ1n) is 6.86. The first-order chi connectivity index (χ1) is 9.49. The summed E-state index contributed by atoms with van der Waals surface area (Å²) in [5.74, 6) is 1.45. The van der Waals surface area contributed by atoms with Gasteiger partial charge in [0.2, 0.25) is 0 Å². The summed E-state index contributed by atoms with van der Waals surface area (Å²) in [6.07, 6.45) is 1.81. The Balaban J connectivity index is 2.19. The molecule has 0 fully saturated rings. The number of hydrogen-bond donors (Lipinski definition) is 1. The highest BCUT2D eigenvalue weighted by molar-refractivity contribution is 6.31. The van der Waals surface area contributed by atoms with Gasteiger partial charge in [0.25, 0.3) is 0 Å². The minimum absolute atomic E-state index is 0.645. The van der Waals surface area contributed by atoms with Crippen LogP contribution in [0.4, 0.5) is 0 Å². The number of pyridine rings is 1. The first-order valence-corrected chi connectivity index (χ1v) is 7.24. The summed E-state index contributed by atoms with van der Waals surface area (Å²) in [4.78, 5) is 4.38. The lowest BCUT2D eigenvalue weighted by Gasteiger charge is -2.09. The van der Waals surface area contributed by atoms with E-state index in [0.29, 0.717) is 10.9 Å². The number of halogens is 1. The number of aryl methyl sites for hydroxylation is 1. The van der Waals surface area contributed by atoms with E-state index in [9.17, 15) is 0 Å². The number of nitrogens with zero attached hydrogens (tertiary/aromatic N) is 3. The summed E-state index contributed by atoms with van der Waals surface area (Å²) in [5.41, 5.74) is 2.94. The van der Waals surface area contributed by atoms with Gasteiger partial charge in [-0.25, -0.2) is 9.67 Å². The van der Waals surface area contributed by atoms with Crippen molar-refractivity contribution >= 4 is 11.6 Å². The minimum Gasteiger partial charge on any atom is -0.312 e. The van der Waals surface area contributed by atoms with Gasteiger partial charge in [0.05, 0.1) is 16.4 Å². The fourth-order valence-corrected chi connectivity index (χ4v) is 2.16. The summed E-state index contributed by atoms with van der Waals surface area (Å²) in [6, 6.07) is 4.06. The molecule has 5 heteroatoms. The molecule has 0 aromatic carbocycles. The van der Waals surface area contributed by atoms with Crippen LogP contribution < -0.4 is 5.32 Å². The standard InChI is InChI=1S/C15H21ClN4/c1-10(2)8-17-9-13-5-6-18-14(7-13)20-12(4)15(16)11(3)19-20/h5-7,10,17H,8-9H2,1-4H3. The quantitative estimate of drug-likeness (QED) is 0.919. The van der Waals surface area contributed by atoms with Crippen LogP contribution in [-0.4, -0.2) is 21.3 Å². The van der Waals surface area contributed by atoms with Gasteiger partial charge in [-0.1, -0.05) is 25.4 Å². The van der Waals surface area contributed by atoms with Gasteiger partial charge >= 0.3 is 0 Å². The molecule has 2 rings (SSSR count). The lowest BCUT2D eigenvalue weighted by molar-refractivity contribution is 0.552. The maximum absolute atomic E-state index is 6.18. The van der Waals surface area contributed by atoms with Crippen LogP contribution in [0.5, 0.6) is 0 Å². The van der Waals surface area contributed by atoms with Crippen molar-refractivity contribution in [2.75, 3.05) is 6.54 Å². The van der Waals surface area contributed by atoms with Crippen molar-refractivity contribution in [3.8, 4) is 5.82 Å². The molecule has 0 unspecified atom stereocenters. The molecule has 2 heterocycles. The molecule has 0 spiro atoms. The van der Waals surface area contributed by atoms with Crippen LogP contribution in [0.2, 0.25) is 5.02 Å². The second kappa shape index (κ2) is 6.37. The molecule has 20 heavy (non-hydrogen) atoms. The Labute approximate surface area is 125 Å². The first kappa shape index (κ1) is 15.0. The van der Waals surface area contributed by atoms with Crippen molar-refractivity contribution in [2.45, 2.75) is 34.2 Å². The smallest absolute Gasteiger partial charge is 0.153 e. The number of hydrogen-bond acceptors (Lipinski definition) is 3. The average Bonchev–Trinajstić information content (AvgIpc) is 2.66. The molecule has 2 aromatic rings. The van der Waals surface area contributed by atoms with Gasteiger partial charge in [0.15, 0.2) is 5.82 Å². The van der Waals surface area contributed by atoms with Crippen molar-refractivity contribution in [3.63, 3.8) is 0 Å². The van der Waals surface area contributed by atoms with Gasteiger partial charge in [-0.3, -0.25) is 0 Å². The van der Waals surface area contributed by atoms with E-state index < -0.39 is 0 Å². The molecule has 0 bridgehead atoms. The summed E-state index contributed by atoms with van der Waals surface area (Å²) < 4.78 is 1.80. The number of aromatic nitrogens is 3. The molecular weight excluding hydrogens is 272 g/mol. The molecule has 1 N–H and O–H groups in total. The Morgan fingerprint density at radius 1 is 1.35 bits per heavy atom. The molecular formula is C15H21ClN4. The Hall–Kier alpha value is -1.39. The van der Waals surface area contributed by atoms with Gasteiger partial charge in [0, 0.05) is 12.7 Å². The topological polar surface area (TPSA) is 42.7 Å². The normalized spacial score (nSPS) is 11.3. The number of nitrogens with one attached hydrogen (secondary N) is 1. The molecule has 0 amide bonds. The molecule has 0 radical (unpaired) electrons. The molecule has 0 atom stereocenters. The second-order valence-corrected chi connectivity index (χ2v) is 5.82. The van der Waals surface area contributed by atoms with Crippen molar-refractivity contribution in [2.24, 2.45) is 5.92 Å². The van der Waals surface area contributed by atoms with E-state index in [4.69, 9.17) is 11.6 Å². The van der Waals surface area contributed by atoms with E-state index in [0.717, 1.165) is 30.3 Å². The van der Waals surface area contributed by atoms with Crippen molar-refractivity contribution in [1.29, 1.82) is 0 Å². The molecule has 0 saturated carbocycles.